The number of esters is 2. The van der Waals surface area contributed by atoms with Gasteiger partial charge in [0.05, 0.1) is 13.2 Å². The third kappa shape index (κ3) is 3.09. The van der Waals surface area contributed by atoms with E-state index in [2.05, 4.69) is 6.58 Å². The van der Waals surface area contributed by atoms with Crippen molar-refractivity contribution in [2.45, 2.75) is 26.4 Å². The second-order valence-corrected chi connectivity index (χ2v) is 6.04. The van der Waals surface area contributed by atoms with Crippen LogP contribution in [0.15, 0.2) is 55.1 Å². The maximum Gasteiger partial charge on any atom is 0.327 e. The fraction of sp³-hybridized carbons (Fsp3) is 0.333. The summed E-state index contributed by atoms with van der Waals surface area (Å²) in [5, 5.41) is 1.69. The molecule has 0 bridgehead atoms. The molecule has 0 N–H and O–H groups in total. The topological polar surface area (TPSA) is 52.6 Å². The van der Waals surface area contributed by atoms with Crippen molar-refractivity contribution in [1.29, 1.82) is 0 Å². The molecule has 0 aliphatic heterocycles. The zero-order chi connectivity index (χ0) is 19.4. The molecule has 0 aliphatic carbocycles. The molecule has 0 saturated heterocycles. The Hall–Kier alpha value is -2.69. The largest absolute Gasteiger partial charge is 0.465 e. The van der Waals surface area contributed by atoms with Crippen molar-refractivity contribution in [3.8, 4) is 0 Å². The van der Waals surface area contributed by atoms with Crippen molar-refractivity contribution in [1.82, 2.24) is 0 Å². The minimum Gasteiger partial charge on any atom is -0.465 e. The first kappa shape index (κ1) is 19.6. The minimum absolute atomic E-state index is 0.0127. The first-order chi connectivity index (χ1) is 12.3. The summed E-state index contributed by atoms with van der Waals surface area (Å²) in [6.45, 7) is 7.95. The average Bonchev–Trinajstić information content (AvgIpc) is 2.66. The van der Waals surface area contributed by atoms with Gasteiger partial charge in [-0.1, -0.05) is 43.0 Å². The van der Waals surface area contributed by atoms with Gasteiger partial charge in [0, 0.05) is 0 Å². The Morgan fingerprint density at radius 2 is 1.58 bits per heavy atom. The zero-order valence-corrected chi connectivity index (χ0v) is 15.3. The van der Waals surface area contributed by atoms with Gasteiger partial charge in [-0.05, 0) is 49.2 Å². The fourth-order valence-corrected chi connectivity index (χ4v) is 2.96. The number of fused-ring (bicyclic) bond motifs is 1. The van der Waals surface area contributed by atoms with Crippen LogP contribution in [0.4, 0.5) is 4.39 Å². The Bertz CT molecular complexity index is 812. The third-order valence-electron chi connectivity index (χ3n) is 4.55. The summed E-state index contributed by atoms with van der Waals surface area (Å²) in [6.07, 6.45) is 0.963. The summed E-state index contributed by atoms with van der Waals surface area (Å²) >= 11 is 0. The number of ether oxygens (including phenoxy) is 2. The molecule has 0 heterocycles. The van der Waals surface area contributed by atoms with Crippen molar-refractivity contribution < 1.29 is 23.5 Å². The van der Waals surface area contributed by atoms with Crippen LogP contribution >= 0.6 is 0 Å². The Kier molecular flexibility index (Phi) is 5.80. The molecule has 2 aromatic rings. The van der Waals surface area contributed by atoms with Gasteiger partial charge in [-0.2, -0.15) is 0 Å². The van der Waals surface area contributed by atoms with Gasteiger partial charge in [-0.25, -0.2) is 4.39 Å². The first-order valence-corrected chi connectivity index (χ1v) is 8.51. The zero-order valence-electron chi connectivity index (χ0n) is 15.3. The normalized spacial score (nSPS) is 13.7. The molecule has 0 aromatic heterocycles. The van der Waals surface area contributed by atoms with E-state index in [4.69, 9.17) is 9.47 Å². The highest BCUT2D eigenvalue weighted by Crippen LogP contribution is 2.47. The van der Waals surface area contributed by atoms with Crippen LogP contribution in [-0.2, 0) is 24.7 Å². The van der Waals surface area contributed by atoms with Crippen LogP contribution in [0.3, 0.4) is 0 Å². The second kappa shape index (κ2) is 7.68. The van der Waals surface area contributed by atoms with Crippen LogP contribution < -0.4 is 0 Å². The molecule has 0 amide bonds. The lowest BCUT2D eigenvalue weighted by Crippen LogP contribution is -2.52. The number of hydrogen-bond acceptors (Lipinski definition) is 4. The van der Waals surface area contributed by atoms with E-state index in [-0.39, 0.29) is 18.8 Å². The summed E-state index contributed by atoms with van der Waals surface area (Å²) in [4.78, 5) is 25.2. The molecule has 26 heavy (non-hydrogen) atoms. The number of alkyl halides is 1. The predicted octanol–water partition coefficient (Wildman–Crippen LogP) is 4.32. The highest BCUT2D eigenvalue weighted by Gasteiger charge is 2.61. The van der Waals surface area contributed by atoms with Gasteiger partial charge < -0.3 is 9.47 Å². The van der Waals surface area contributed by atoms with Crippen LogP contribution in [-0.4, -0.2) is 25.2 Å². The number of carbonyl (C=O) groups excluding carboxylic acids is 2. The molecule has 138 valence electrons. The van der Waals surface area contributed by atoms with Crippen LogP contribution in [0.1, 0.15) is 26.3 Å². The Morgan fingerprint density at radius 3 is 2.08 bits per heavy atom. The number of allylic oxidation sites excluding steroid dienone is 1. The maximum atomic E-state index is 16.3. The van der Waals surface area contributed by atoms with Crippen molar-refractivity contribution in [2.75, 3.05) is 13.2 Å². The number of carbonyl (C=O) groups is 2. The van der Waals surface area contributed by atoms with Gasteiger partial charge in [0.25, 0.3) is 0 Å². The number of hydrogen-bond donors (Lipinski definition) is 0. The average molecular weight is 358 g/mol. The number of halogens is 1. The molecular formula is C21H23FO4. The van der Waals surface area contributed by atoms with Crippen molar-refractivity contribution in [2.24, 2.45) is 5.41 Å². The molecule has 2 rings (SSSR count). The molecule has 2 aromatic carbocycles. The van der Waals surface area contributed by atoms with Gasteiger partial charge in [0.15, 0.2) is 5.67 Å². The Morgan fingerprint density at radius 1 is 1.04 bits per heavy atom. The lowest BCUT2D eigenvalue weighted by atomic mass is 9.70. The molecule has 0 fully saturated rings. The van der Waals surface area contributed by atoms with E-state index < -0.39 is 23.0 Å². The van der Waals surface area contributed by atoms with E-state index in [0.717, 1.165) is 16.8 Å². The molecule has 0 aliphatic rings. The smallest absolute Gasteiger partial charge is 0.327 e. The van der Waals surface area contributed by atoms with Gasteiger partial charge in [0.1, 0.15) is 0 Å². The summed E-state index contributed by atoms with van der Waals surface area (Å²) < 4.78 is 26.3. The number of rotatable bonds is 7. The minimum atomic E-state index is -2.50. The van der Waals surface area contributed by atoms with E-state index in [1.165, 1.54) is 6.92 Å². The Balaban J connectivity index is 2.68. The molecule has 5 heteroatoms. The van der Waals surface area contributed by atoms with E-state index >= 15 is 4.39 Å². The lowest BCUT2D eigenvalue weighted by molar-refractivity contribution is -0.181. The molecule has 0 radical (unpaired) electrons. The van der Waals surface area contributed by atoms with E-state index in [0.29, 0.717) is 0 Å². The predicted molar refractivity (Wildman–Crippen MR) is 98.3 cm³/mol. The summed E-state index contributed by atoms with van der Waals surface area (Å²) in [6, 6.07) is 12.3. The quantitative estimate of drug-likeness (QED) is 0.420. The van der Waals surface area contributed by atoms with E-state index in [9.17, 15) is 9.59 Å². The molecule has 0 unspecified atom stereocenters. The summed E-state index contributed by atoms with van der Waals surface area (Å²) in [5.74, 6) is -1.98. The van der Waals surface area contributed by atoms with Gasteiger partial charge in [0.2, 0.25) is 5.41 Å². The molecule has 0 saturated carbocycles. The Labute approximate surface area is 152 Å². The fourth-order valence-electron chi connectivity index (χ4n) is 2.96. The second-order valence-electron chi connectivity index (χ2n) is 6.04. The van der Waals surface area contributed by atoms with E-state index in [1.54, 1.807) is 32.0 Å². The maximum absolute atomic E-state index is 16.3. The monoisotopic (exact) mass is 358 g/mol. The third-order valence-corrected chi connectivity index (χ3v) is 4.55. The highest BCUT2D eigenvalue weighted by molar-refractivity contribution is 6.02. The molecule has 0 spiro atoms. The lowest BCUT2D eigenvalue weighted by Gasteiger charge is -2.37. The number of benzene rings is 2. The molecule has 4 nitrogen and oxygen atoms in total. The van der Waals surface area contributed by atoms with Crippen molar-refractivity contribution in [3.05, 3.63) is 60.7 Å². The summed E-state index contributed by atoms with van der Waals surface area (Å²) in [7, 11) is 0. The highest BCUT2D eigenvalue weighted by atomic mass is 19.1. The van der Waals surface area contributed by atoms with Crippen molar-refractivity contribution >= 4 is 22.7 Å². The van der Waals surface area contributed by atoms with Gasteiger partial charge in [-0.3, -0.25) is 9.59 Å². The first-order valence-electron chi connectivity index (χ1n) is 8.51. The van der Waals surface area contributed by atoms with E-state index in [1.807, 2.05) is 24.3 Å². The van der Waals surface area contributed by atoms with Crippen LogP contribution in [0.5, 0.6) is 0 Å². The van der Waals surface area contributed by atoms with Crippen LogP contribution in [0.2, 0.25) is 0 Å². The summed E-state index contributed by atoms with van der Waals surface area (Å²) in [5.41, 5.74) is -4.59. The standard InChI is InChI=1S/C21H23FO4/c1-5-21(22,17-13-12-15-10-8-9-11-16(15)14-17)20(4,18(23)25-6-2)19(24)26-7-3/h5,8-14H,1,6-7H2,2-4H3/t21-/m1/s1. The van der Waals surface area contributed by atoms with Crippen molar-refractivity contribution in [3.63, 3.8) is 0 Å². The van der Waals surface area contributed by atoms with Gasteiger partial charge in [-0.15, -0.1) is 0 Å². The SMILES string of the molecule is C=C[C@@](F)(c1ccc2ccccc2c1)C(C)(C(=O)OCC)C(=O)OCC. The van der Waals surface area contributed by atoms with Crippen LogP contribution in [0.25, 0.3) is 10.8 Å². The molecular weight excluding hydrogens is 335 g/mol. The van der Waals surface area contributed by atoms with Gasteiger partial charge >= 0.3 is 11.9 Å². The molecule has 1 atom stereocenters. The van der Waals surface area contributed by atoms with Crippen LogP contribution in [0, 0.1) is 5.41 Å².